The van der Waals surface area contributed by atoms with Crippen LogP contribution in [0.25, 0.3) is 16.7 Å². The van der Waals surface area contributed by atoms with Gasteiger partial charge in [-0.15, -0.1) is 0 Å². The lowest BCUT2D eigenvalue weighted by Crippen LogP contribution is -2.31. The van der Waals surface area contributed by atoms with Crippen molar-refractivity contribution in [2.45, 2.75) is 32.5 Å². The maximum absolute atomic E-state index is 13.5. The average Bonchev–Trinajstić information content (AvgIpc) is 3.21. The maximum atomic E-state index is 13.5. The van der Waals surface area contributed by atoms with Crippen molar-refractivity contribution in [2.75, 3.05) is 0 Å². The van der Waals surface area contributed by atoms with Gasteiger partial charge in [0.05, 0.1) is 21.8 Å². The molecule has 1 N–H and O–H groups in total. The highest BCUT2D eigenvalue weighted by molar-refractivity contribution is 6.35. The van der Waals surface area contributed by atoms with Gasteiger partial charge in [0.1, 0.15) is 11.6 Å². The van der Waals surface area contributed by atoms with E-state index in [9.17, 15) is 23.2 Å². The fourth-order valence-corrected chi connectivity index (χ4v) is 4.14. The third-order valence-electron chi connectivity index (χ3n) is 5.37. The first-order valence-electron chi connectivity index (χ1n) is 9.31. The zero-order valence-electron chi connectivity index (χ0n) is 16.7. The molecule has 0 amide bonds. The first-order chi connectivity index (χ1) is 14.5. The molecule has 1 aliphatic heterocycles. The normalized spacial score (nSPS) is 19.1. The standard InChI is InChI=1S/C23H16ClF3N2O2/c1-11-6-12(2)8-13(7-11)22(3)21(30)15(10-28)20(31-22)18-9-14-16(23(25,26)27)4-5-17(24)19(14)29-18/h4-9,29H,1-3H3. The molecule has 0 bridgehead atoms. The summed E-state index contributed by atoms with van der Waals surface area (Å²) < 4.78 is 46.4. The summed E-state index contributed by atoms with van der Waals surface area (Å²) in [6.45, 7) is 5.29. The van der Waals surface area contributed by atoms with Gasteiger partial charge in [-0.05, 0) is 39.0 Å². The number of halogens is 4. The topological polar surface area (TPSA) is 65.9 Å². The molecular weight excluding hydrogens is 429 g/mol. The van der Waals surface area contributed by atoms with E-state index in [-0.39, 0.29) is 33.0 Å². The Bertz CT molecular complexity index is 1310. The van der Waals surface area contributed by atoms with E-state index in [1.165, 1.54) is 6.07 Å². The molecular formula is C23H16ClF3N2O2. The Balaban J connectivity index is 1.89. The monoisotopic (exact) mass is 444 g/mol. The lowest BCUT2D eigenvalue weighted by atomic mass is 9.87. The molecule has 1 atom stereocenters. The number of benzene rings is 2. The van der Waals surface area contributed by atoms with Crippen LogP contribution in [0.2, 0.25) is 5.02 Å². The number of fused-ring (bicyclic) bond motifs is 1. The number of ketones is 1. The van der Waals surface area contributed by atoms with Crippen molar-refractivity contribution in [1.29, 1.82) is 5.26 Å². The van der Waals surface area contributed by atoms with E-state index < -0.39 is 23.1 Å². The molecule has 4 rings (SSSR count). The third-order valence-corrected chi connectivity index (χ3v) is 5.69. The number of carbonyl (C=O) groups is 1. The highest BCUT2D eigenvalue weighted by Crippen LogP contribution is 2.45. The van der Waals surface area contributed by atoms with E-state index in [4.69, 9.17) is 16.3 Å². The lowest BCUT2D eigenvalue weighted by molar-refractivity contribution is -0.136. The average molecular weight is 445 g/mol. The number of nitrogens with zero attached hydrogens (tertiary/aromatic N) is 1. The van der Waals surface area contributed by atoms with Gasteiger partial charge in [-0.1, -0.05) is 40.9 Å². The Labute approximate surface area is 180 Å². The minimum atomic E-state index is -4.60. The summed E-state index contributed by atoms with van der Waals surface area (Å²) in [5.74, 6) is -0.662. The number of aryl methyl sites for hydroxylation is 2. The van der Waals surface area contributed by atoms with Crippen molar-refractivity contribution in [3.8, 4) is 6.07 Å². The number of nitriles is 1. The summed E-state index contributed by atoms with van der Waals surface area (Å²) in [4.78, 5) is 15.9. The van der Waals surface area contributed by atoms with Crippen LogP contribution in [0.3, 0.4) is 0 Å². The van der Waals surface area contributed by atoms with Crippen molar-refractivity contribution < 1.29 is 22.7 Å². The Kier molecular flexibility index (Phi) is 4.67. The molecule has 2 heterocycles. The summed E-state index contributed by atoms with van der Waals surface area (Å²) in [7, 11) is 0. The van der Waals surface area contributed by atoms with Gasteiger partial charge in [0.25, 0.3) is 0 Å². The SMILES string of the molecule is Cc1cc(C)cc(C2(C)OC(c3cc4c(C(F)(F)F)ccc(Cl)c4[nH]3)=C(C#N)C2=O)c1. The van der Waals surface area contributed by atoms with Crippen LogP contribution in [-0.4, -0.2) is 10.8 Å². The molecule has 158 valence electrons. The number of hydrogen-bond acceptors (Lipinski definition) is 3. The molecule has 31 heavy (non-hydrogen) atoms. The fourth-order valence-electron chi connectivity index (χ4n) is 3.93. The Morgan fingerprint density at radius 3 is 2.35 bits per heavy atom. The second kappa shape index (κ2) is 6.89. The molecule has 4 nitrogen and oxygen atoms in total. The smallest absolute Gasteiger partial charge is 0.417 e. The van der Waals surface area contributed by atoms with Gasteiger partial charge in [0, 0.05) is 10.9 Å². The maximum Gasteiger partial charge on any atom is 0.417 e. The van der Waals surface area contributed by atoms with Crippen LogP contribution in [-0.2, 0) is 21.3 Å². The van der Waals surface area contributed by atoms with Gasteiger partial charge < -0.3 is 9.72 Å². The second-order valence-corrected chi connectivity index (χ2v) is 8.13. The minimum absolute atomic E-state index is 0.0485. The Morgan fingerprint density at radius 1 is 1.13 bits per heavy atom. The molecule has 8 heteroatoms. The highest BCUT2D eigenvalue weighted by atomic mass is 35.5. The van der Waals surface area contributed by atoms with E-state index in [1.807, 2.05) is 26.0 Å². The van der Waals surface area contributed by atoms with Crippen LogP contribution in [0, 0.1) is 25.2 Å². The molecule has 2 aromatic carbocycles. The molecule has 1 aromatic heterocycles. The van der Waals surface area contributed by atoms with Crippen molar-refractivity contribution in [3.05, 3.63) is 74.9 Å². The number of aromatic amines is 1. The van der Waals surface area contributed by atoms with Crippen LogP contribution in [0.15, 0.2) is 42.0 Å². The predicted molar refractivity (Wildman–Crippen MR) is 110 cm³/mol. The van der Waals surface area contributed by atoms with Gasteiger partial charge in [-0.3, -0.25) is 4.79 Å². The van der Waals surface area contributed by atoms with E-state index in [0.717, 1.165) is 23.3 Å². The number of alkyl halides is 3. The molecule has 0 fully saturated rings. The van der Waals surface area contributed by atoms with Gasteiger partial charge in [-0.2, -0.15) is 18.4 Å². The summed E-state index contributed by atoms with van der Waals surface area (Å²) in [5, 5.41) is 9.55. The quantitative estimate of drug-likeness (QED) is 0.511. The summed E-state index contributed by atoms with van der Waals surface area (Å²) in [6, 6.07) is 10.6. The summed E-state index contributed by atoms with van der Waals surface area (Å²) in [6.07, 6.45) is -4.60. The molecule has 1 unspecified atom stereocenters. The van der Waals surface area contributed by atoms with Crippen molar-refractivity contribution in [3.63, 3.8) is 0 Å². The predicted octanol–water partition coefficient (Wildman–Crippen LogP) is 6.21. The van der Waals surface area contributed by atoms with Gasteiger partial charge >= 0.3 is 6.18 Å². The number of ether oxygens (including phenoxy) is 1. The van der Waals surface area contributed by atoms with Crippen LogP contribution >= 0.6 is 11.6 Å². The summed E-state index contributed by atoms with van der Waals surface area (Å²) >= 11 is 6.10. The van der Waals surface area contributed by atoms with Gasteiger partial charge in [0.2, 0.25) is 5.78 Å². The van der Waals surface area contributed by atoms with Gasteiger partial charge in [0.15, 0.2) is 11.4 Å². The van der Waals surface area contributed by atoms with Crippen molar-refractivity contribution in [1.82, 2.24) is 4.98 Å². The van der Waals surface area contributed by atoms with Crippen LogP contribution in [0.1, 0.15) is 34.9 Å². The molecule has 3 aromatic rings. The Hall–Kier alpha value is -3.24. The molecule has 0 saturated heterocycles. The lowest BCUT2D eigenvalue weighted by Gasteiger charge is -2.25. The number of H-pyrrole nitrogens is 1. The third kappa shape index (κ3) is 3.28. The van der Waals surface area contributed by atoms with Gasteiger partial charge in [-0.25, -0.2) is 0 Å². The number of Topliss-reactive ketones (excluding diaryl/α,β-unsaturated/α-hetero) is 1. The number of rotatable bonds is 2. The largest absolute Gasteiger partial charge is 0.471 e. The first kappa shape index (κ1) is 21.0. The van der Waals surface area contributed by atoms with E-state index in [0.29, 0.717) is 5.56 Å². The van der Waals surface area contributed by atoms with Crippen molar-refractivity contribution >= 4 is 34.0 Å². The summed E-state index contributed by atoms with van der Waals surface area (Å²) in [5.41, 5.74) is -0.126. The van der Waals surface area contributed by atoms with Crippen LogP contribution in [0.5, 0.6) is 0 Å². The molecule has 0 radical (unpaired) electrons. The molecule has 0 spiro atoms. The number of nitrogens with one attached hydrogen (secondary N) is 1. The Morgan fingerprint density at radius 2 is 1.77 bits per heavy atom. The minimum Gasteiger partial charge on any atom is -0.471 e. The molecule has 0 aliphatic carbocycles. The highest BCUT2D eigenvalue weighted by Gasteiger charge is 2.48. The number of carbonyl (C=O) groups excluding carboxylic acids is 1. The van der Waals surface area contributed by atoms with E-state index in [1.54, 1.807) is 19.1 Å². The zero-order valence-corrected chi connectivity index (χ0v) is 17.5. The second-order valence-electron chi connectivity index (χ2n) is 7.72. The fraction of sp³-hybridized carbons (Fsp3) is 0.217. The van der Waals surface area contributed by atoms with Crippen LogP contribution in [0.4, 0.5) is 13.2 Å². The van der Waals surface area contributed by atoms with Crippen molar-refractivity contribution in [2.24, 2.45) is 0 Å². The molecule has 0 saturated carbocycles. The zero-order chi connectivity index (χ0) is 22.7. The first-order valence-corrected chi connectivity index (χ1v) is 9.69. The van der Waals surface area contributed by atoms with E-state index in [2.05, 4.69) is 4.98 Å². The number of aromatic nitrogens is 1. The van der Waals surface area contributed by atoms with Crippen LogP contribution < -0.4 is 0 Å². The van der Waals surface area contributed by atoms with E-state index >= 15 is 0 Å². The molecule has 1 aliphatic rings. The number of hydrogen-bond donors (Lipinski definition) is 1.